The van der Waals surface area contributed by atoms with E-state index in [2.05, 4.69) is 31.0 Å². The molecular formula is C15H21NO2. The number of rotatable bonds is 6. The molecule has 0 spiro atoms. The molecule has 0 aliphatic rings. The van der Waals surface area contributed by atoms with Gasteiger partial charge in [0.1, 0.15) is 18.1 Å². The average molecular weight is 247 g/mol. The Morgan fingerprint density at radius 2 is 2.17 bits per heavy atom. The molecule has 0 aromatic heterocycles. The number of methoxy groups -OCH3 is 1. The van der Waals surface area contributed by atoms with E-state index >= 15 is 0 Å². The maximum atomic E-state index is 5.69. The van der Waals surface area contributed by atoms with Crippen molar-refractivity contribution in [3.8, 4) is 23.3 Å². The summed E-state index contributed by atoms with van der Waals surface area (Å²) < 4.78 is 10.9. The summed E-state index contributed by atoms with van der Waals surface area (Å²) in [5.41, 5.74) is 1.12. The minimum absolute atomic E-state index is 0.241. The Morgan fingerprint density at radius 1 is 1.39 bits per heavy atom. The Balaban J connectivity index is 2.94. The third kappa shape index (κ3) is 3.97. The fourth-order valence-electron chi connectivity index (χ4n) is 1.73. The van der Waals surface area contributed by atoms with Crippen LogP contribution in [0.25, 0.3) is 0 Å². The predicted molar refractivity (Wildman–Crippen MR) is 74.0 cm³/mol. The third-order valence-electron chi connectivity index (χ3n) is 2.67. The summed E-state index contributed by atoms with van der Waals surface area (Å²) in [7, 11) is 1.65. The lowest BCUT2D eigenvalue weighted by Gasteiger charge is -2.17. The molecule has 0 aliphatic heterocycles. The van der Waals surface area contributed by atoms with Gasteiger partial charge in [-0.1, -0.05) is 18.9 Å². The SMILES string of the molecule is CC#CCOc1cc(OC)ccc1C(C)NCC. The average Bonchev–Trinajstić information content (AvgIpc) is 2.39. The second-order valence-electron chi connectivity index (χ2n) is 3.90. The highest BCUT2D eigenvalue weighted by molar-refractivity contribution is 5.42. The van der Waals surface area contributed by atoms with E-state index in [-0.39, 0.29) is 6.04 Å². The van der Waals surface area contributed by atoms with Crippen LogP contribution < -0.4 is 14.8 Å². The molecule has 98 valence electrons. The fourth-order valence-corrected chi connectivity index (χ4v) is 1.73. The van der Waals surface area contributed by atoms with E-state index in [1.54, 1.807) is 14.0 Å². The zero-order chi connectivity index (χ0) is 13.4. The number of benzene rings is 1. The van der Waals surface area contributed by atoms with E-state index in [0.717, 1.165) is 23.6 Å². The van der Waals surface area contributed by atoms with E-state index < -0.39 is 0 Å². The van der Waals surface area contributed by atoms with Crippen molar-refractivity contribution in [2.75, 3.05) is 20.3 Å². The smallest absolute Gasteiger partial charge is 0.149 e. The Morgan fingerprint density at radius 3 is 2.78 bits per heavy atom. The number of hydrogen-bond acceptors (Lipinski definition) is 3. The van der Waals surface area contributed by atoms with E-state index in [0.29, 0.717) is 6.61 Å². The van der Waals surface area contributed by atoms with Crippen molar-refractivity contribution in [1.82, 2.24) is 5.32 Å². The molecule has 1 aromatic carbocycles. The molecule has 1 unspecified atom stereocenters. The summed E-state index contributed by atoms with van der Waals surface area (Å²) in [5.74, 6) is 7.34. The molecule has 0 heterocycles. The van der Waals surface area contributed by atoms with Crippen LogP contribution >= 0.6 is 0 Å². The normalized spacial score (nSPS) is 11.3. The van der Waals surface area contributed by atoms with Crippen molar-refractivity contribution in [3.63, 3.8) is 0 Å². The minimum Gasteiger partial charge on any atom is -0.497 e. The van der Waals surface area contributed by atoms with Crippen molar-refractivity contribution in [2.24, 2.45) is 0 Å². The molecule has 0 bridgehead atoms. The van der Waals surface area contributed by atoms with Crippen molar-refractivity contribution in [1.29, 1.82) is 0 Å². The first-order valence-electron chi connectivity index (χ1n) is 6.16. The molecule has 0 saturated carbocycles. The Bertz CT molecular complexity index is 432. The molecule has 18 heavy (non-hydrogen) atoms. The van der Waals surface area contributed by atoms with E-state index in [1.165, 1.54) is 0 Å². The second-order valence-corrected chi connectivity index (χ2v) is 3.90. The second kappa shape index (κ2) is 7.62. The Kier molecular flexibility index (Phi) is 6.10. The maximum absolute atomic E-state index is 5.69. The summed E-state index contributed by atoms with van der Waals surface area (Å²) in [6, 6.07) is 6.12. The summed E-state index contributed by atoms with van der Waals surface area (Å²) in [4.78, 5) is 0. The van der Waals surface area contributed by atoms with Gasteiger partial charge >= 0.3 is 0 Å². The van der Waals surface area contributed by atoms with Crippen LogP contribution in [0.4, 0.5) is 0 Å². The van der Waals surface area contributed by atoms with Crippen molar-refractivity contribution in [2.45, 2.75) is 26.8 Å². The monoisotopic (exact) mass is 247 g/mol. The Hall–Kier alpha value is -1.66. The molecule has 0 saturated heterocycles. The van der Waals surface area contributed by atoms with E-state index in [4.69, 9.17) is 9.47 Å². The van der Waals surface area contributed by atoms with Gasteiger partial charge in [0.15, 0.2) is 0 Å². The van der Waals surface area contributed by atoms with Crippen molar-refractivity contribution >= 4 is 0 Å². The standard InChI is InChI=1S/C15H21NO2/c1-5-7-10-18-15-11-13(17-4)8-9-14(15)12(3)16-6-2/h8-9,11-12,16H,6,10H2,1-4H3. The summed E-state index contributed by atoms with van der Waals surface area (Å²) in [6.45, 7) is 7.32. The molecule has 3 nitrogen and oxygen atoms in total. The van der Waals surface area contributed by atoms with Gasteiger partial charge < -0.3 is 14.8 Å². The molecule has 0 aliphatic carbocycles. The molecule has 1 aromatic rings. The van der Waals surface area contributed by atoms with Crippen LogP contribution in [0.15, 0.2) is 18.2 Å². The molecule has 1 N–H and O–H groups in total. The lowest BCUT2D eigenvalue weighted by Crippen LogP contribution is -2.18. The number of ether oxygens (including phenoxy) is 2. The minimum atomic E-state index is 0.241. The van der Waals surface area contributed by atoms with Crippen LogP contribution in [0.3, 0.4) is 0 Å². The molecule has 0 radical (unpaired) electrons. The fraction of sp³-hybridized carbons (Fsp3) is 0.467. The van der Waals surface area contributed by atoms with Crippen molar-refractivity contribution < 1.29 is 9.47 Å². The zero-order valence-electron chi connectivity index (χ0n) is 11.5. The van der Waals surface area contributed by atoms with Crippen LogP contribution in [0, 0.1) is 11.8 Å². The van der Waals surface area contributed by atoms with Gasteiger partial charge in [0.25, 0.3) is 0 Å². The molecule has 1 atom stereocenters. The number of hydrogen-bond donors (Lipinski definition) is 1. The highest BCUT2D eigenvalue weighted by atomic mass is 16.5. The summed E-state index contributed by atoms with van der Waals surface area (Å²) in [6.07, 6.45) is 0. The van der Waals surface area contributed by atoms with Gasteiger partial charge in [-0.15, -0.1) is 5.92 Å². The molecule has 0 fully saturated rings. The van der Waals surface area contributed by atoms with Gasteiger partial charge in [-0.3, -0.25) is 0 Å². The van der Waals surface area contributed by atoms with Crippen LogP contribution in [-0.4, -0.2) is 20.3 Å². The van der Waals surface area contributed by atoms with Crippen LogP contribution in [0.2, 0.25) is 0 Å². The first-order chi connectivity index (χ1) is 8.72. The largest absolute Gasteiger partial charge is 0.497 e. The zero-order valence-corrected chi connectivity index (χ0v) is 11.5. The highest BCUT2D eigenvalue weighted by Crippen LogP contribution is 2.29. The van der Waals surface area contributed by atoms with Crippen LogP contribution in [0.5, 0.6) is 11.5 Å². The molecular weight excluding hydrogens is 226 g/mol. The highest BCUT2D eigenvalue weighted by Gasteiger charge is 2.11. The van der Waals surface area contributed by atoms with Gasteiger partial charge in [0.05, 0.1) is 7.11 Å². The van der Waals surface area contributed by atoms with Gasteiger partial charge in [-0.05, 0) is 26.5 Å². The van der Waals surface area contributed by atoms with Gasteiger partial charge in [0, 0.05) is 17.7 Å². The van der Waals surface area contributed by atoms with E-state index in [1.807, 2.05) is 18.2 Å². The molecule has 0 amide bonds. The Labute approximate surface area is 109 Å². The maximum Gasteiger partial charge on any atom is 0.149 e. The number of nitrogens with one attached hydrogen (secondary N) is 1. The lowest BCUT2D eigenvalue weighted by molar-refractivity contribution is 0.354. The topological polar surface area (TPSA) is 30.5 Å². The van der Waals surface area contributed by atoms with Gasteiger partial charge in [-0.25, -0.2) is 0 Å². The summed E-state index contributed by atoms with van der Waals surface area (Å²) >= 11 is 0. The van der Waals surface area contributed by atoms with Crippen LogP contribution in [0.1, 0.15) is 32.4 Å². The molecule has 1 rings (SSSR count). The van der Waals surface area contributed by atoms with E-state index in [9.17, 15) is 0 Å². The summed E-state index contributed by atoms with van der Waals surface area (Å²) in [5, 5.41) is 3.37. The van der Waals surface area contributed by atoms with Crippen molar-refractivity contribution in [3.05, 3.63) is 23.8 Å². The van der Waals surface area contributed by atoms with Crippen LogP contribution in [-0.2, 0) is 0 Å². The van der Waals surface area contributed by atoms with Gasteiger partial charge in [-0.2, -0.15) is 0 Å². The first kappa shape index (κ1) is 14.4. The quantitative estimate of drug-likeness (QED) is 0.784. The third-order valence-corrected chi connectivity index (χ3v) is 2.67. The van der Waals surface area contributed by atoms with Gasteiger partial charge in [0.2, 0.25) is 0 Å². The predicted octanol–water partition coefficient (Wildman–Crippen LogP) is 2.77. The molecule has 3 heteroatoms. The first-order valence-corrected chi connectivity index (χ1v) is 6.16. The lowest BCUT2D eigenvalue weighted by atomic mass is 10.1.